The van der Waals surface area contributed by atoms with Crippen LogP contribution in [-0.4, -0.2) is 36.9 Å². The largest absolute Gasteiger partial charge is 0.493 e. The number of hydrogen-bond donors (Lipinski definition) is 0. The molecule has 144 valence electrons. The maximum Gasteiger partial charge on any atom is 0.173 e. The Morgan fingerprint density at radius 3 is 2.79 bits per heavy atom. The van der Waals surface area contributed by atoms with Gasteiger partial charge in [-0.3, -0.25) is 4.99 Å². The van der Waals surface area contributed by atoms with Crippen molar-refractivity contribution in [2.75, 3.05) is 20.8 Å². The van der Waals surface area contributed by atoms with Crippen LogP contribution in [0.25, 0.3) is 5.70 Å². The fraction of sp³-hybridized carbons (Fsp3) is 0.238. The van der Waals surface area contributed by atoms with Gasteiger partial charge in [0.05, 0.1) is 26.2 Å². The van der Waals surface area contributed by atoms with E-state index in [0.717, 1.165) is 46.5 Å². The van der Waals surface area contributed by atoms with E-state index in [9.17, 15) is 0 Å². The molecule has 4 rings (SSSR count). The molecule has 0 aliphatic carbocycles. The van der Waals surface area contributed by atoms with Crippen molar-refractivity contribution in [3.05, 3.63) is 70.6 Å². The summed E-state index contributed by atoms with van der Waals surface area (Å²) in [4.78, 5) is 11.4. The van der Waals surface area contributed by atoms with E-state index < -0.39 is 0 Å². The van der Waals surface area contributed by atoms with Crippen molar-refractivity contribution < 1.29 is 13.9 Å². The molecular formula is C21H21N3O3S. The highest BCUT2D eigenvalue weighted by Gasteiger charge is 2.27. The molecule has 1 aliphatic heterocycles. The Hall–Kier alpha value is -3.06. The van der Waals surface area contributed by atoms with E-state index >= 15 is 0 Å². The van der Waals surface area contributed by atoms with Gasteiger partial charge < -0.3 is 18.8 Å². The Bertz CT molecular complexity index is 965. The quantitative estimate of drug-likeness (QED) is 0.593. The molecule has 28 heavy (non-hydrogen) atoms. The normalized spacial score (nSPS) is 16.1. The van der Waals surface area contributed by atoms with Crippen molar-refractivity contribution in [3.8, 4) is 11.5 Å². The maximum atomic E-state index is 5.66. The molecule has 0 bridgehead atoms. The molecule has 1 aliphatic rings. The van der Waals surface area contributed by atoms with Crippen molar-refractivity contribution in [2.24, 2.45) is 4.99 Å². The van der Waals surface area contributed by atoms with E-state index in [1.54, 1.807) is 31.8 Å². The predicted molar refractivity (Wildman–Crippen MR) is 110 cm³/mol. The van der Waals surface area contributed by atoms with Gasteiger partial charge in [-0.25, -0.2) is 4.98 Å². The second-order valence-corrected chi connectivity index (χ2v) is 7.13. The van der Waals surface area contributed by atoms with Crippen molar-refractivity contribution in [1.29, 1.82) is 0 Å². The Balaban J connectivity index is 1.60. The van der Waals surface area contributed by atoms with Crippen LogP contribution in [0.1, 0.15) is 22.5 Å². The number of furan rings is 1. The van der Waals surface area contributed by atoms with Crippen LogP contribution in [0, 0.1) is 0 Å². The fourth-order valence-corrected chi connectivity index (χ4v) is 3.93. The van der Waals surface area contributed by atoms with Gasteiger partial charge in [-0.15, -0.1) is 11.3 Å². The van der Waals surface area contributed by atoms with Gasteiger partial charge in [-0.1, -0.05) is 6.07 Å². The molecule has 0 saturated carbocycles. The summed E-state index contributed by atoms with van der Waals surface area (Å²) in [5.74, 6) is 2.28. The predicted octanol–water partition coefficient (Wildman–Crippen LogP) is 4.42. The highest BCUT2D eigenvalue weighted by molar-refractivity contribution is 7.09. The number of ether oxygens (including phenoxy) is 2. The summed E-state index contributed by atoms with van der Waals surface area (Å²) in [6.45, 7) is 0.754. The Kier molecular flexibility index (Phi) is 5.43. The Labute approximate surface area is 167 Å². The minimum atomic E-state index is -0.162. The summed E-state index contributed by atoms with van der Waals surface area (Å²) in [5.41, 5.74) is 2.16. The van der Waals surface area contributed by atoms with E-state index in [4.69, 9.17) is 13.9 Å². The lowest BCUT2D eigenvalue weighted by Crippen LogP contribution is -2.30. The van der Waals surface area contributed by atoms with Crippen LogP contribution in [-0.2, 0) is 6.42 Å². The number of thiazole rings is 1. The Morgan fingerprint density at radius 2 is 2.07 bits per heavy atom. The van der Waals surface area contributed by atoms with Gasteiger partial charge in [-0.05, 0) is 42.3 Å². The molecule has 0 N–H and O–H groups in total. The summed E-state index contributed by atoms with van der Waals surface area (Å²) >= 11 is 1.60. The zero-order valence-electron chi connectivity index (χ0n) is 15.7. The zero-order valence-corrected chi connectivity index (χ0v) is 16.6. The van der Waals surface area contributed by atoms with Gasteiger partial charge in [0.1, 0.15) is 10.8 Å². The molecule has 7 heteroatoms. The molecule has 1 unspecified atom stereocenters. The van der Waals surface area contributed by atoms with Gasteiger partial charge in [0.25, 0.3) is 0 Å². The summed E-state index contributed by atoms with van der Waals surface area (Å²) in [6.07, 6.45) is 7.97. The highest BCUT2D eigenvalue weighted by Crippen LogP contribution is 2.35. The number of aromatic nitrogens is 1. The molecular weight excluding hydrogens is 374 g/mol. The number of allylic oxidation sites excluding steroid dienone is 1. The molecule has 3 aromatic rings. The number of rotatable bonds is 7. The molecule has 0 fully saturated rings. The van der Waals surface area contributed by atoms with Crippen LogP contribution in [0.15, 0.2) is 63.7 Å². The smallest absolute Gasteiger partial charge is 0.173 e. The van der Waals surface area contributed by atoms with Gasteiger partial charge in [0.15, 0.2) is 17.7 Å². The second kappa shape index (κ2) is 8.31. The Morgan fingerprint density at radius 1 is 1.18 bits per heavy atom. The van der Waals surface area contributed by atoms with Gasteiger partial charge in [0, 0.05) is 24.3 Å². The summed E-state index contributed by atoms with van der Waals surface area (Å²) < 4.78 is 16.4. The van der Waals surface area contributed by atoms with Crippen molar-refractivity contribution in [3.63, 3.8) is 0 Å². The average molecular weight is 395 g/mol. The molecule has 0 spiro atoms. The second-order valence-electron chi connectivity index (χ2n) is 6.20. The monoisotopic (exact) mass is 395 g/mol. The number of hydrogen-bond acceptors (Lipinski definition) is 7. The SMILES string of the molecule is COc1ccc(CCN2C(c3ccco3)=CC=NC2c2nccs2)cc1OC. The minimum Gasteiger partial charge on any atom is -0.493 e. The summed E-state index contributed by atoms with van der Waals surface area (Å²) in [6, 6.07) is 9.87. The van der Waals surface area contributed by atoms with E-state index in [2.05, 4.69) is 20.9 Å². The minimum absolute atomic E-state index is 0.162. The lowest BCUT2D eigenvalue weighted by atomic mass is 10.1. The fourth-order valence-electron chi connectivity index (χ4n) is 3.24. The molecule has 1 aromatic carbocycles. The molecule has 0 radical (unpaired) electrons. The average Bonchev–Trinajstić information content (AvgIpc) is 3.46. The zero-order chi connectivity index (χ0) is 19.3. The first kappa shape index (κ1) is 18.3. The lowest BCUT2D eigenvalue weighted by Gasteiger charge is -2.33. The molecule has 3 heterocycles. The van der Waals surface area contributed by atoms with Gasteiger partial charge in [-0.2, -0.15) is 0 Å². The van der Waals surface area contributed by atoms with Crippen molar-refractivity contribution in [1.82, 2.24) is 9.88 Å². The summed E-state index contributed by atoms with van der Waals surface area (Å²) in [7, 11) is 3.29. The summed E-state index contributed by atoms with van der Waals surface area (Å²) in [5, 5.41) is 2.93. The number of aliphatic imine (C=N–C) groups is 1. The first-order valence-electron chi connectivity index (χ1n) is 8.94. The molecule has 6 nitrogen and oxygen atoms in total. The van der Waals surface area contributed by atoms with Gasteiger partial charge in [0.2, 0.25) is 0 Å². The van der Waals surface area contributed by atoms with Gasteiger partial charge >= 0.3 is 0 Å². The number of methoxy groups -OCH3 is 2. The van der Waals surface area contributed by atoms with E-state index in [0.29, 0.717) is 0 Å². The van der Waals surface area contributed by atoms with Crippen LogP contribution >= 0.6 is 11.3 Å². The van der Waals surface area contributed by atoms with E-state index in [1.807, 2.05) is 48.1 Å². The highest BCUT2D eigenvalue weighted by atomic mass is 32.1. The number of nitrogens with zero attached hydrogens (tertiary/aromatic N) is 3. The van der Waals surface area contributed by atoms with Crippen LogP contribution < -0.4 is 9.47 Å². The lowest BCUT2D eigenvalue weighted by molar-refractivity contribution is 0.299. The topological polar surface area (TPSA) is 60.1 Å². The molecule has 1 atom stereocenters. The molecule has 2 aromatic heterocycles. The molecule has 0 saturated heterocycles. The van der Waals surface area contributed by atoms with E-state index in [1.165, 1.54) is 0 Å². The first-order chi connectivity index (χ1) is 13.8. The van der Waals surface area contributed by atoms with Crippen LogP contribution in [0.3, 0.4) is 0 Å². The standard InChI is InChI=1S/C21H21N3O3S/c1-25-18-6-5-15(14-19(18)26-2)8-11-24-16(17-4-3-12-27-17)7-9-22-20(24)21-23-10-13-28-21/h3-7,9-10,12-14,20H,8,11H2,1-2H3. The third kappa shape index (κ3) is 3.66. The third-order valence-corrected chi connectivity index (χ3v) is 5.42. The van der Waals surface area contributed by atoms with Crippen LogP contribution in [0.5, 0.6) is 11.5 Å². The third-order valence-electron chi connectivity index (χ3n) is 4.60. The van der Waals surface area contributed by atoms with Crippen LogP contribution in [0.4, 0.5) is 0 Å². The van der Waals surface area contributed by atoms with Crippen LogP contribution in [0.2, 0.25) is 0 Å². The first-order valence-corrected chi connectivity index (χ1v) is 9.82. The maximum absolute atomic E-state index is 5.66. The van der Waals surface area contributed by atoms with Crippen molar-refractivity contribution in [2.45, 2.75) is 12.6 Å². The molecule has 0 amide bonds. The van der Waals surface area contributed by atoms with E-state index in [-0.39, 0.29) is 6.17 Å². The van der Waals surface area contributed by atoms with Crippen molar-refractivity contribution >= 4 is 23.2 Å². The number of benzene rings is 1.